The van der Waals surface area contributed by atoms with Crippen LogP contribution >= 0.6 is 0 Å². The van der Waals surface area contributed by atoms with Crippen LogP contribution in [0, 0.1) is 5.92 Å². The van der Waals surface area contributed by atoms with Crippen molar-refractivity contribution < 1.29 is 28.4 Å². The third kappa shape index (κ3) is 4.91. The highest BCUT2D eigenvalue weighted by atomic mass is 28.4. The summed E-state index contributed by atoms with van der Waals surface area (Å²) in [5, 5.41) is 6.16. The Balaban J connectivity index is 2.84. The average molecular weight is 387 g/mol. The van der Waals surface area contributed by atoms with Crippen molar-refractivity contribution in [3.05, 3.63) is 0 Å². The smallest absolute Gasteiger partial charge is 0.363 e. The van der Waals surface area contributed by atoms with E-state index >= 15 is 0 Å². The minimum absolute atomic E-state index is 0.00990. The second kappa shape index (κ2) is 8.30. The van der Waals surface area contributed by atoms with Crippen LogP contribution in [0.25, 0.3) is 0 Å². The number of hydrogen-bond donors (Lipinski definition) is 1. The summed E-state index contributed by atoms with van der Waals surface area (Å²) in [6.45, 7) is 12.4. The maximum Gasteiger partial charge on any atom is 0.363 e. The van der Waals surface area contributed by atoms with Crippen LogP contribution in [0.1, 0.15) is 34.1 Å². The molecule has 1 aliphatic rings. The summed E-state index contributed by atoms with van der Waals surface area (Å²) in [5.41, 5.74) is -0.423. The molecule has 1 saturated heterocycles. The van der Waals surface area contributed by atoms with E-state index in [9.17, 15) is 14.4 Å². The lowest BCUT2D eigenvalue weighted by Gasteiger charge is -2.45. The van der Waals surface area contributed by atoms with Crippen LogP contribution in [0.2, 0.25) is 18.1 Å². The van der Waals surface area contributed by atoms with Crippen LogP contribution in [0.4, 0.5) is 0 Å². The number of Topliss-reactive ketones (excluding diaryl/α,β-unsaturated/α-hetero) is 1. The standard InChI is InChI=1S/C17H30N2O6Si/c1-10(25-26(7,8)17(2,3)4)13-11(18-15(13)21)9-12(20)14(19-24-6)16(22)23-5/h10-11,13H,9H2,1-8H3,(H,18,21)/b19-14-/t10-,11-,13-/m1/s1. The van der Waals surface area contributed by atoms with Gasteiger partial charge in [0.1, 0.15) is 7.11 Å². The lowest BCUT2D eigenvalue weighted by atomic mass is 9.82. The van der Waals surface area contributed by atoms with Crippen LogP contribution in [-0.4, -0.2) is 58.1 Å². The number of rotatable bonds is 8. The first kappa shape index (κ1) is 22.3. The number of hydrogen-bond acceptors (Lipinski definition) is 7. The fraction of sp³-hybridized carbons (Fsp3) is 0.765. The molecule has 0 aromatic rings. The molecule has 0 saturated carbocycles. The number of ether oxygens (including phenoxy) is 1. The minimum Gasteiger partial charge on any atom is -0.464 e. The molecule has 1 rings (SSSR count). The number of ketones is 1. The Morgan fingerprint density at radius 2 is 1.85 bits per heavy atom. The van der Waals surface area contributed by atoms with Gasteiger partial charge in [-0.1, -0.05) is 25.9 Å². The fourth-order valence-electron chi connectivity index (χ4n) is 2.57. The number of β-lactam (4-membered cyclic amide) rings is 1. The van der Waals surface area contributed by atoms with Gasteiger partial charge in [0.25, 0.3) is 0 Å². The summed E-state index contributed by atoms with van der Waals surface area (Å²) in [6.07, 6.45) is -0.401. The Morgan fingerprint density at radius 1 is 1.27 bits per heavy atom. The van der Waals surface area contributed by atoms with E-state index in [1.807, 2.05) is 6.92 Å². The number of carbonyl (C=O) groups excluding carboxylic acids is 3. The van der Waals surface area contributed by atoms with Crippen LogP contribution in [0.3, 0.4) is 0 Å². The first-order chi connectivity index (χ1) is 11.9. The van der Waals surface area contributed by atoms with Crippen molar-refractivity contribution in [2.45, 2.75) is 64.4 Å². The first-order valence-corrected chi connectivity index (χ1v) is 11.5. The highest BCUT2D eigenvalue weighted by Crippen LogP contribution is 2.39. The summed E-state index contributed by atoms with van der Waals surface area (Å²) in [4.78, 5) is 40.6. The predicted molar refractivity (Wildman–Crippen MR) is 99.2 cm³/mol. The average Bonchev–Trinajstić information content (AvgIpc) is 2.49. The molecule has 8 nitrogen and oxygen atoms in total. The molecule has 0 aromatic heterocycles. The molecule has 1 aliphatic heterocycles. The van der Waals surface area contributed by atoms with Crippen molar-refractivity contribution >= 4 is 31.7 Å². The topological polar surface area (TPSA) is 103 Å². The highest BCUT2D eigenvalue weighted by Gasteiger charge is 2.48. The van der Waals surface area contributed by atoms with Gasteiger partial charge in [-0.25, -0.2) is 4.79 Å². The van der Waals surface area contributed by atoms with Crippen LogP contribution in [-0.2, 0) is 28.4 Å². The largest absolute Gasteiger partial charge is 0.464 e. The van der Waals surface area contributed by atoms with Crippen molar-refractivity contribution in [2.24, 2.45) is 11.1 Å². The molecular formula is C17H30N2O6Si. The van der Waals surface area contributed by atoms with Gasteiger partial charge in [0, 0.05) is 6.42 Å². The lowest BCUT2D eigenvalue weighted by Crippen LogP contribution is -2.64. The highest BCUT2D eigenvalue weighted by molar-refractivity contribution is 6.74. The lowest BCUT2D eigenvalue weighted by molar-refractivity contribution is -0.140. The van der Waals surface area contributed by atoms with Crippen molar-refractivity contribution in [3.63, 3.8) is 0 Å². The zero-order chi connectivity index (χ0) is 20.3. The molecular weight excluding hydrogens is 356 g/mol. The van der Waals surface area contributed by atoms with Crippen LogP contribution < -0.4 is 5.32 Å². The van der Waals surface area contributed by atoms with Gasteiger partial charge in [0.2, 0.25) is 11.6 Å². The number of nitrogens with zero attached hydrogens (tertiary/aromatic N) is 1. The second-order valence-electron chi connectivity index (χ2n) is 7.97. The van der Waals surface area contributed by atoms with E-state index in [2.05, 4.69) is 53.9 Å². The first-order valence-electron chi connectivity index (χ1n) is 8.56. The van der Waals surface area contributed by atoms with Crippen LogP contribution in [0.15, 0.2) is 5.16 Å². The van der Waals surface area contributed by atoms with E-state index in [0.717, 1.165) is 7.11 Å². The van der Waals surface area contributed by atoms with Crippen molar-refractivity contribution in [3.8, 4) is 0 Å². The Labute approximate surface area is 155 Å². The van der Waals surface area contributed by atoms with E-state index in [1.165, 1.54) is 7.11 Å². The molecule has 26 heavy (non-hydrogen) atoms. The van der Waals surface area contributed by atoms with Gasteiger partial charge in [0.15, 0.2) is 14.1 Å². The summed E-state index contributed by atoms with van der Waals surface area (Å²) in [5.74, 6) is -2.02. The van der Waals surface area contributed by atoms with E-state index in [0.29, 0.717) is 0 Å². The molecule has 0 spiro atoms. The van der Waals surface area contributed by atoms with Crippen LogP contribution in [0.5, 0.6) is 0 Å². The zero-order valence-corrected chi connectivity index (χ0v) is 17.8. The van der Waals surface area contributed by atoms with Crippen molar-refractivity contribution in [1.82, 2.24) is 5.32 Å². The molecule has 0 radical (unpaired) electrons. The fourth-order valence-corrected chi connectivity index (χ4v) is 4.00. The molecule has 0 aliphatic carbocycles. The molecule has 0 bridgehead atoms. The van der Waals surface area contributed by atoms with Gasteiger partial charge >= 0.3 is 5.97 Å². The maximum absolute atomic E-state index is 12.4. The third-order valence-electron chi connectivity index (χ3n) is 5.09. The maximum atomic E-state index is 12.4. The van der Waals surface area contributed by atoms with E-state index in [-0.39, 0.29) is 23.5 Å². The van der Waals surface area contributed by atoms with E-state index in [4.69, 9.17) is 4.43 Å². The molecule has 1 heterocycles. The number of carbonyl (C=O) groups is 3. The Kier molecular flexibility index (Phi) is 7.12. The third-order valence-corrected chi connectivity index (χ3v) is 9.66. The van der Waals surface area contributed by atoms with Gasteiger partial charge in [-0.05, 0) is 25.1 Å². The quantitative estimate of drug-likeness (QED) is 0.170. The molecule has 1 N–H and O–H groups in total. The molecule has 0 unspecified atom stereocenters. The minimum atomic E-state index is -2.05. The van der Waals surface area contributed by atoms with E-state index < -0.39 is 37.7 Å². The Morgan fingerprint density at radius 3 is 2.27 bits per heavy atom. The van der Waals surface area contributed by atoms with E-state index in [1.54, 1.807) is 0 Å². The predicted octanol–water partition coefficient (Wildman–Crippen LogP) is 1.65. The van der Waals surface area contributed by atoms with Crippen molar-refractivity contribution in [1.29, 1.82) is 0 Å². The van der Waals surface area contributed by atoms with Crippen molar-refractivity contribution in [2.75, 3.05) is 14.2 Å². The number of nitrogens with one attached hydrogen (secondary N) is 1. The summed E-state index contributed by atoms with van der Waals surface area (Å²) >= 11 is 0. The number of amides is 1. The Bertz CT molecular complexity index is 597. The van der Waals surface area contributed by atoms with Gasteiger partial charge in [-0.15, -0.1) is 0 Å². The molecule has 1 fully saturated rings. The summed E-state index contributed by atoms with van der Waals surface area (Å²) in [7, 11) is 0.339. The van der Waals surface area contributed by atoms with Gasteiger partial charge in [0.05, 0.1) is 25.2 Å². The molecule has 1 amide bonds. The zero-order valence-electron chi connectivity index (χ0n) is 16.8. The van der Waals surface area contributed by atoms with Gasteiger partial charge in [-0.2, -0.15) is 0 Å². The number of methoxy groups -OCH3 is 1. The molecule has 0 aromatic carbocycles. The molecule has 9 heteroatoms. The Hall–Kier alpha value is -1.74. The second-order valence-corrected chi connectivity index (χ2v) is 12.7. The summed E-state index contributed by atoms with van der Waals surface area (Å²) in [6, 6.07) is -0.415. The normalized spacial score (nSPS) is 22.2. The van der Waals surface area contributed by atoms with Gasteiger partial charge in [-0.3, -0.25) is 9.59 Å². The molecule has 148 valence electrons. The summed E-state index contributed by atoms with van der Waals surface area (Å²) < 4.78 is 10.8. The van der Waals surface area contributed by atoms with Gasteiger partial charge < -0.3 is 19.3 Å². The number of oxime groups is 1. The number of esters is 1. The molecule has 3 atom stereocenters. The monoisotopic (exact) mass is 386 g/mol. The SMILES string of the molecule is CO/N=C(/C(=O)C[C@H]1NC(=O)[C@@H]1[C@@H](C)O[Si](C)(C)C(C)(C)C)C(=O)OC.